The first-order chi connectivity index (χ1) is 10.0. The molecule has 21 heavy (non-hydrogen) atoms. The highest BCUT2D eigenvalue weighted by Crippen LogP contribution is 2.30. The van der Waals surface area contributed by atoms with Gasteiger partial charge >= 0.3 is 0 Å². The SMILES string of the molecule is CNCc1nc(C(C)C)ncc1N(C)C1CCCC(C)C1. The fraction of sp³-hybridized carbons (Fsp3) is 0.765. The lowest BCUT2D eigenvalue weighted by atomic mass is 9.86. The van der Waals surface area contributed by atoms with Gasteiger partial charge in [0.1, 0.15) is 5.82 Å². The Morgan fingerprint density at radius 2 is 2.14 bits per heavy atom. The summed E-state index contributed by atoms with van der Waals surface area (Å²) in [4.78, 5) is 11.8. The van der Waals surface area contributed by atoms with E-state index in [0.29, 0.717) is 12.0 Å². The number of hydrogen-bond donors (Lipinski definition) is 1. The summed E-state index contributed by atoms with van der Waals surface area (Å²) in [5.41, 5.74) is 2.31. The lowest BCUT2D eigenvalue weighted by Crippen LogP contribution is -2.36. The Labute approximate surface area is 129 Å². The minimum absolute atomic E-state index is 0.370. The van der Waals surface area contributed by atoms with Crippen molar-refractivity contribution in [3.63, 3.8) is 0 Å². The highest BCUT2D eigenvalue weighted by molar-refractivity contribution is 5.49. The van der Waals surface area contributed by atoms with Crippen LogP contribution in [0.4, 0.5) is 5.69 Å². The lowest BCUT2D eigenvalue weighted by Gasteiger charge is -2.36. The predicted molar refractivity (Wildman–Crippen MR) is 88.7 cm³/mol. The second-order valence-electron chi connectivity index (χ2n) is 6.78. The summed E-state index contributed by atoms with van der Waals surface area (Å²) >= 11 is 0. The third-order valence-corrected chi connectivity index (χ3v) is 4.56. The maximum atomic E-state index is 4.78. The maximum Gasteiger partial charge on any atom is 0.131 e. The Balaban J connectivity index is 2.24. The van der Waals surface area contributed by atoms with Gasteiger partial charge in [0.05, 0.1) is 17.6 Å². The van der Waals surface area contributed by atoms with E-state index in [1.165, 1.54) is 31.4 Å². The van der Waals surface area contributed by atoms with Crippen molar-refractivity contribution in [2.75, 3.05) is 19.0 Å². The molecular weight excluding hydrogens is 260 g/mol. The molecule has 1 aliphatic rings. The highest BCUT2D eigenvalue weighted by atomic mass is 15.2. The van der Waals surface area contributed by atoms with Crippen LogP contribution in [0.25, 0.3) is 0 Å². The van der Waals surface area contributed by atoms with Crippen molar-refractivity contribution < 1.29 is 0 Å². The highest BCUT2D eigenvalue weighted by Gasteiger charge is 2.24. The number of aromatic nitrogens is 2. The van der Waals surface area contributed by atoms with Crippen molar-refractivity contribution >= 4 is 5.69 Å². The van der Waals surface area contributed by atoms with E-state index in [0.717, 1.165) is 24.0 Å². The zero-order chi connectivity index (χ0) is 15.4. The van der Waals surface area contributed by atoms with E-state index in [1.54, 1.807) is 0 Å². The Bertz CT molecular complexity index is 458. The van der Waals surface area contributed by atoms with Gasteiger partial charge in [-0.15, -0.1) is 0 Å². The topological polar surface area (TPSA) is 41.1 Å². The summed E-state index contributed by atoms with van der Waals surface area (Å²) in [5, 5.41) is 3.24. The molecule has 1 saturated carbocycles. The van der Waals surface area contributed by atoms with Crippen LogP contribution >= 0.6 is 0 Å². The van der Waals surface area contributed by atoms with Gasteiger partial charge in [-0.1, -0.05) is 33.6 Å². The summed E-state index contributed by atoms with van der Waals surface area (Å²) in [6.45, 7) is 7.45. The fourth-order valence-electron chi connectivity index (χ4n) is 3.25. The smallest absolute Gasteiger partial charge is 0.131 e. The van der Waals surface area contributed by atoms with Crippen molar-refractivity contribution in [2.45, 2.75) is 65.0 Å². The summed E-state index contributed by atoms with van der Waals surface area (Å²) in [6.07, 6.45) is 7.29. The quantitative estimate of drug-likeness (QED) is 0.903. The number of nitrogens with zero attached hydrogens (tertiary/aromatic N) is 3. The molecule has 1 aliphatic carbocycles. The van der Waals surface area contributed by atoms with Gasteiger partial charge < -0.3 is 10.2 Å². The van der Waals surface area contributed by atoms with Crippen LogP contribution in [0.5, 0.6) is 0 Å². The number of rotatable bonds is 5. The van der Waals surface area contributed by atoms with Gasteiger partial charge in [-0.3, -0.25) is 0 Å². The molecule has 2 rings (SSSR count). The van der Waals surface area contributed by atoms with Crippen LogP contribution in [0, 0.1) is 5.92 Å². The van der Waals surface area contributed by atoms with Crippen molar-refractivity contribution in [3.8, 4) is 0 Å². The van der Waals surface area contributed by atoms with Gasteiger partial charge in [0.25, 0.3) is 0 Å². The summed E-state index contributed by atoms with van der Waals surface area (Å²) < 4.78 is 0. The Morgan fingerprint density at radius 1 is 1.38 bits per heavy atom. The van der Waals surface area contributed by atoms with E-state index in [1.807, 2.05) is 13.2 Å². The zero-order valence-electron chi connectivity index (χ0n) is 14.2. The van der Waals surface area contributed by atoms with Crippen LogP contribution in [-0.4, -0.2) is 30.1 Å². The third-order valence-electron chi connectivity index (χ3n) is 4.56. The molecule has 0 spiro atoms. The minimum atomic E-state index is 0.370. The zero-order valence-corrected chi connectivity index (χ0v) is 14.2. The van der Waals surface area contributed by atoms with Crippen LogP contribution in [-0.2, 0) is 6.54 Å². The molecule has 1 aromatic heterocycles. The molecule has 0 saturated heterocycles. The van der Waals surface area contributed by atoms with E-state index in [2.05, 4.69) is 43.0 Å². The Hall–Kier alpha value is -1.16. The molecule has 0 radical (unpaired) electrons. The number of nitrogens with one attached hydrogen (secondary N) is 1. The molecular formula is C17H30N4. The molecule has 0 bridgehead atoms. The molecule has 2 atom stereocenters. The summed E-state index contributed by atoms with van der Waals surface area (Å²) in [5.74, 6) is 2.14. The van der Waals surface area contributed by atoms with Crippen LogP contribution in [0.2, 0.25) is 0 Å². The fourth-order valence-corrected chi connectivity index (χ4v) is 3.25. The lowest BCUT2D eigenvalue weighted by molar-refractivity contribution is 0.336. The molecule has 0 aromatic carbocycles. The predicted octanol–water partition coefficient (Wildman–Crippen LogP) is 3.33. The van der Waals surface area contributed by atoms with Crippen molar-refractivity contribution in [3.05, 3.63) is 17.7 Å². The van der Waals surface area contributed by atoms with Crippen LogP contribution in [0.3, 0.4) is 0 Å². The summed E-state index contributed by atoms with van der Waals surface area (Å²) in [7, 11) is 4.18. The second-order valence-corrected chi connectivity index (χ2v) is 6.78. The number of hydrogen-bond acceptors (Lipinski definition) is 4. The molecule has 0 aliphatic heterocycles. The largest absolute Gasteiger partial charge is 0.369 e. The monoisotopic (exact) mass is 290 g/mol. The molecule has 118 valence electrons. The first-order valence-corrected chi connectivity index (χ1v) is 8.26. The van der Waals surface area contributed by atoms with Crippen LogP contribution in [0.1, 0.15) is 63.9 Å². The third kappa shape index (κ3) is 3.94. The standard InChI is InChI=1S/C17H30N4/c1-12(2)17-19-11-16(15(20-17)10-18-4)21(5)14-8-6-7-13(3)9-14/h11-14,18H,6-10H2,1-5H3. The summed E-state index contributed by atoms with van der Waals surface area (Å²) in [6, 6.07) is 0.623. The van der Waals surface area contributed by atoms with Gasteiger partial charge in [-0.05, 0) is 25.8 Å². The molecule has 4 nitrogen and oxygen atoms in total. The maximum absolute atomic E-state index is 4.78. The van der Waals surface area contributed by atoms with E-state index >= 15 is 0 Å². The Kier molecular flexibility index (Phi) is 5.57. The normalized spacial score (nSPS) is 22.6. The minimum Gasteiger partial charge on any atom is -0.369 e. The van der Waals surface area contributed by atoms with Gasteiger partial charge in [0, 0.05) is 25.6 Å². The average Bonchev–Trinajstić information content (AvgIpc) is 2.46. The van der Waals surface area contributed by atoms with E-state index in [9.17, 15) is 0 Å². The van der Waals surface area contributed by atoms with Gasteiger partial charge in [-0.25, -0.2) is 9.97 Å². The first kappa shape index (κ1) is 16.2. The van der Waals surface area contributed by atoms with E-state index in [4.69, 9.17) is 4.98 Å². The van der Waals surface area contributed by atoms with Gasteiger partial charge in [-0.2, -0.15) is 0 Å². The number of anilines is 1. The molecule has 1 fully saturated rings. The van der Waals surface area contributed by atoms with Crippen molar-refractivity contribution in [1.29, 1.82) is 0 Å². The molecule has 1 heterocycles. The van der Waals surface area contributed by atoms with Crippen LogP contribution < -0.4 is 10.2 Å². The van der Waals surface area contributed by atoms with Gasteiger partial charge in [0.15, 0.2) is 0 Å². The molecule has 1 N–H and O–H groups in total. The molecule has 1 aromatic rings. The second kappa shape index (κ2) is 7.21. The Morgan fingerprint density at radius 3 is 2.76 bits per heavy atom. The average molecular weight is 290 g/mol. The molecule has 0 amide bonds. The molecule has 4 heteroatoms. The van der Waals surface area contributed by atoms with E-state index < -0.39 is 0 Å². The van der Waals surface area contributed by atoms with Crippen molar-refractivity contribution in [1.82, 2.24) is 15.3 Å². The van der Waals surface area contributed by atoms with E-state index in [-0.39, 0.29) is 0 Å². The van der Waals surface area contributed by atoms with Crippen LogP contribution in [0.15, 0.2) is 6.20 Å². The first-order valence-electron chi connectivity index (χ1n) is 8.26. The van der Waals surface area contributed by atoms with Gasteiger partial charge in [0.2, 0.25) is 0 Å². The molecule has 2 unspecified atom stereocenters. The van der Waals surface area contributed by atoms with Crippen molar-refractivity contribution in [2.24, 2.45) is 5.92 Å².